The summed E-state index contributed by atoms with van der Waals surface area (Å²) in [5.74, 6) is -0.0476. The molecule has 0 aromatic heterocycles. The number of amides is 1. The van der Waals surface area contributed by atoms with Crippen molar-refractivity contribution in [1.82, 2.24) is 4.90 Å². The van der Waals surface area contributed by atoms with Crippen molar-refractivity contribution in [2.24, 2.45) is 0 Å². The van der Waals surface area contributed by atoms with E-state index in [1.807, 2.05) is 49.3 Å². The molecule has 19 heavy (non-hydrogen) atoms. The second-order valence-corrected chi connectivity index (χ2v) is 5.13. The molecule has 0 saturated carbocycles. The number of anilines is 1. The van der Waals surface area contributed by atoms with Crippen molar-refractivity contribution in [2.75, 3.05) is 31.3 Å². The Balaban J connectivity index is 2.67. The topological polar surface area (TPSA) is 52.6 Å². The lowest BCUT2D eigenvalue weighted by atomic mass is 10.2. The smallest absolute Gasteiger partial charge is 0.241 e. The number of hydrogen-bond acceptors (Lipinski definition) is 4. The highest BCUT2D eigenvalue weighted by Crippen LogP contribution is 2.19. The highest BCUT2D eigenvalue weighted by atomic mass is 32.2. The predicted molar refractivity (Wildman–Crippen MR) is 80.6 cm³/mol. The molecule has 5 heteroatoms. The van der Waals surface area contributed by atoms with Gasteiger partial charge in [-0.15, -0.1) is 11.8 Å². The van der Waals surface area contributed by atoms with Gasteiger partial charge < -0.3 is 10.4 Å². The summed E-state index contributed by atoms with van der Waals surface area (Å²) in [7, 11) is 0. The van der Waals surface area contributed by atoms with Gasteiger partial charge in [0.15, 0.2) is 0 Å². The minimum absolute atomic E-state index is 0.0476. The minimum atomic E-state index is -0.255. The van der Waals surface area contributed by atoms with Crippen LogP contribution in [0.25, 0.3) is 0 Å². The molecule has 0 spiro atoms. The van der Waals surface area contributed by atoms with Gasteiger partial charge in [-0.1, -0.05) is 13.0 Å². The van der Waals surface area contributed by atoms with Gasteiger partial charge in [0.1, 0.15) is 0 Å². The SMILES string of the molecule is CCN(CCO)C(C)C(=O)Nc1cccc(SC)c1. The van der Waals surface area contributed by atoms with Crippen LogP contribution in [-0.2, 0) is 4.79 Å². The van der Waals surface area contributed by atoms with Crippen LogP contribution in [0.15, 0.2) is 29.2 Å². The molecule has 106 valence electrons. The summed E-state index contributed by atoms with van der Waals surface area (Å²) in [5.41, 5.74) is 0.809. The molecule has 1 amide bonds. The summed E-state index contributed by atoms with van der Waals surface area (Å²) >= 11 is 1.64. The second kappa shape index (κ2) is 8.19. The maximum atomic E-state index is 12.1. The third kappa shape index (κ3) is 4.86. The normalized spacial score (nSPS) is 12.5. The zero-order chi connectivity index (χ0) is 14.3. The van der Waals surface area contributed by atoms with E-state index < -0.39 is 0 Å². The van der Waals surface area contributed by atoms with Crippen molar-refractivity contribution in [3.05, 3.63) is 24.3 Å². The standard InChI is InChI=1S/C14H22N2O2S/c1-4-16(8-9-17)11(2)14(18)15-12-6-5-7-13(10-12)19-3/h5-7,10-11,17H,4,8-9H2,1-3H3,(H,15,18). The number of rotatable bonds is 7. The van der Waals surface area contributed by atoms with E-state index in [4.69, 9.17) is 5.11 Å². The Bertz CT molecular complexity index is 412. The number of carbonyl (C=O) groups excluding carboxylic acids is 1. The summed E-state index contributed by atoms with van der Waals surface area (Å²) in [5, 5.41) is 11.9. The van der Waals surface area contributed by atoms with Crippen LogP contribution in [0, 0.1) is 0 Å². The number of benzene rings is 1. The number of hydrogen-bond donors (Lipinski definition) is 2. The van der Waals surface area contributed by atoms with Gasteiger partial charge in [0, 0.05) is 17.1 Å². The fourth-order valence-corrected chi connectivity index (χ4v) is 2.33. The molecule has 0 aliphatic carbocycles. The van der Waals surface area contributed by atoms with Crippen LogP contribution in [-0.4, -0.2) is 47.9 Å². The van der Waals surface area contributed by atoms with Crippen LogP contribution < -0.4 is 5.32 Å². The van der Waals surface area contributed by atoms with E-state index in [1.54, 1.807) is 11.8 Å². The molecule has 1 atom stereocenters. The van der Waals surface area contributed by atoms with E-state index in [0.717, 1.165) is 17.1 Å². The fraction of sp³-hybridized carbons (Fsp3) is 0.500. The number of carbonyl (C=O) groups is 1. The van der Waals surface area contributed by atoms with E-state index >= 15 is 0 Å². The van der Waals surface area contributed by atoms with Gasteiger partial charge in [0.05, 0.1) is 12.6 Å². The van der Waals surface area contributed by atoms with E-state index in [2.05, 4.69) is 5.32 Å². The summed E-state index contributed by atoms with van der Waals surface area (Å²) in [6.45, 7) is 5.14. The molecule has 1 aromatic carbocycles. The molecule has 0 heterocycles. The summed E-state index contributed by atoms with van der Waals surface area (Å²) < 4.78 is 0. The van der Waals surface area contributed by atoms with Crippen molar-refractivity contribution >= 4 is 23.4 Å². The number of nitrogens with one attached hydrogen (secondary N) is 1. The zero-order valence-electron chi connectivity index (χ0n) is 11.7. The monoisotopic (exact) mass is 282 g/mol. The van der Waals surface area contributed by atoms with E-state index in [1.165, 1.54) is 0 Å². The van der Waals surface area contributed by atoms with Crippen LogP contribution in [0.4, 0.5) is 5.69 Å². The third-order valence-electron chi connectivity index (χ3n) is 3.06. The van der Waals surface area contributed by atoms with Crippen LogP contribution in [0.3, 0.4) is 0 Å². The Morgan fingerprint density at radius 1 is 1.53 bits per heavy atom. The molecule has 0 saturated heterocycles. The van der Waals surface area contributed by atoms with Gasteiger partial charge in [0.25, 0.3) is 0 Å². The number of thioether (sulfide) groups is 1. The van der Waals surface area contributed by atoms with Crippen molar-refractivity contribution in [3.63, 3.8) is 0 Å². The maximum Gasteiger partial charge on any atom is 0.241 e. The molecular formula is C14H22N2O2S. The van der Waals surface area contributed by atoms with Gasteiger partial charge in [-0.3, -0.25) is 9.69 Å². The Labute approximate surface area is 119 Å². The molecule has 0 bridgehead atoms. The number of likely N-dealkylation sites (N-methyl/N-ethyl adjacent to an activating group) is 1. The van der Waals surface area contributed by atoms with E-state index in [9.17, 15) is 4.79 Å². The molecular weight excluding hydrogens is 260 g/mol. The Morgan fingerprint density at radius 3 is 2.84 bits per heavy atom. The number of aliphatic hydroxyl groups is 1. The first-order chi connectivity index (χ1) is 9.12. The van der Waals surface area contributed by atoms with Crippen molar-refractivity contribution in [1.29, 1.82) is 0 Å². The average Bonchev–Trinajstić information content (AvgIpc) is 2.44. The van der Waals surface area contributed by atoms with E-state index in [-0.39, 0.29) is 18.6 Å². The van der Waals surface area contributed by atoms with Gasteiger partial charge in [-0.2, -0.15) is 0 Å². The lowest BCUT2D eigenvalue weighted by Gasteiger charge is -2.26. The molecule has 2 N–H and O–H groups in total. The van der Waals surface area contributed by atoms with Crippen molar-refractivity contribution in [3.8, 4) is 0 Å². The maximum absolute atomic E-state index is 12.1. The van der Waals surface area contributed by atoms with Gasteiger partial charge in [-0.25, -0.2) is 0 Å². The number of aliphatic hydroxyl groups excluding tert-OH is 1. The first kappa shape index (κ1) is 16.0. The lowest BCUT2D eigenvalue weighted by molar-refractivity contribution is -0.120. The average molecular weight is 282 g/mol. The molecule has 0 radical (unpaired) electrons. The van der Waals surface area contributed by atoms with Crippen molar-refractivity contribution in [2.45, 2.75) is 24.8 Å². The van der Waals surface area contributed by atoms with Crippen LogP contribution in [0.1, 0.15) is 13.8 Å². The summed E-state index contributed by atoms with van der Waals surface area (Å²) in [6, 6.07) is 7.52. The minimum Gasteiger partial charge on any atom is -0.395 e. The van der Waals surface area contributed by atoms with Crippen LogP contribution >= 0.6 is 11.8 Å². The largest absolute Gasteiger partial charge is 0.395 e. The quantitative estimate of drug-likeness (QED) is 0.752. The first-order valence-corrected chi connectivity index (χ1v) is 7.64. The summed E-state index contributed by atoms with van der Waals surface area (Å²) in [4.78, 5) is 15.2. The Morgan fingerprint density at radius 2 is 2.26 bits per heavy atom. The highest BCUT2D eigenvalue weighted by molar-refractivity contribution is 7.98. The number of nitrogens with zero attached hydrogens (tertiary/aromatic N) is 1. The molecule has 1 unspecified atom stereocenters. The van der Waals surface area contributed by atoms with Gasteiger partial charge >= 0.3 is 0 Å². The zero-order valence-corrected chi connectivity index (χ0v) is 12.5. The fourth-order valence-electron chi connectivity index (χ4n) is 1.87. The first-order valence-electron chi connectivity index (χ1n) is 6.42. The molecule has 1 aromatic rings. The van der Waals surface area contributed by atoms with Crippen LogP contribution in [0.2, 0.25) is 0 Å². The lowest BCUT2D eigenvalue weighted by Crippen LogP contribution is -2.43. The molecule has 0 fully saturated rings. The Hall–Kier alpha value is -1.04. The third-order valence-corrected chi connectivity index (χ3v) is 3.78. The molecule has 0 aliphatic rings. The van der Waals surface area contributed by atoms with Gasteiger partial charge in [-0.05, 0) is 37.9 Å². The van der Waals surface area contributed by atoms with E-state index in [0.29, 0.717) is 6.54 Å². The molecule has 4 nitrogen and oxygen atoms in total. The predicted octanol–water partition coefficient (Wildman–Crippen LogP) is 2.05. The highest BCUT2D eigenvalue weighted by Gasteiger charge is 2.19. The molecule has 0 aliphatic heterocycles. The van der Waals surface area contributed by atoms with Crippen LogP contribution in [0.5, 0.6) is 0 Å². The molecule has 1 rings (SSSR count). The van der Waals surface area contributed by atoms with Crippen molar-refractivity contribution < 1.29 is 9.90 Å². The Kier molecular flexibility index (Phi) is 6.91. The second-order valence-electron chi connectivity index (χ2n) is 4.25. The summed E-state index contributed by atoms with van der Waals surface area (Å²) in [6.07, 6.45) is 2.00. The van der Waals surface area contributed by atoms with Gasteiger partial charge in [0.2, 0.25) is 5.91 Å².